The van der Waals surface area contributed by atoms with E-state index in [1.807, 2.05) is 0 Å². The Morgan fingerprint density at radius 2 is 1.86 bits per heavy atom. The lowest BCUT2D eigenvalue weighted by Crippen LogP contribution is -2.55. The molecule has 6 rings (SSSR count). The third-order valence-electron chi connectivity index (χ3n) is 7.76. The molecular formula is C22H33N3O2S. The van der Waals surface area contributed by atoms with E-state index in [1.165, 1.54) is 49.1 Å². The van der Waals surface area contributed by atoms with Crippen molar-refractivity contribution < 1.29 is 9.53 Å². The van der Waals surface area contributed by atoms with Gasteiger partial charge in [-0.1, -0.05) is 0 Å². The van der Waals surface area contributed by atoms with Crippen molar-refractivity contribution in [2.75, 3.05) is 6.61 Å². The molecule has 1 unspecified atom stereocenters. The van der Waals surface area contributed by atoms with Gasteiger partial charge in [0.15, 0.2) is 4.80 Å². The van der Waals surface area contributed by atoms with Crippen LogP contribution in [0.25, 0.3) is 0 Å². The van der Waals surface area contributed by atoms with Crippen LogP contribution in [0.1, 0.15) is 61.9 Å². The van der Waals surface area contributed by atoms with Gasteiger partial charge in [0.05, 0.1) is 12.6 Å². The zero-order valence-corrected chi connectivity index (χ0v) is 18.0. The molecule has 2 heterocycles. The highest BCUT2D eigenvalue weighted by Gasteiger charge is 2.48. The molecule has 28 heavy (non-hydrogen) atoms. The number of aryl methyl sites for hydroxylation is 1. The highest BCUT2D eigenvalue weighted by molar-refractivity contribution is 7.09. The Hall–Kier alpha value is -1.14. The Morgan fingerprint density at radius 3 is 2.50 bits per heavy atom. The SMILES string of the molecule is Cc1sc(=NC(=O)NC2C3CC4CC(C3)CC2C4)n(CC2CCCCO2)c1C. The summed E-state index contributed by atoms with van der Waals surface area (Å²) in [5.41, 5.74) is 1.21. The lowest BCUT2D eigenvalue weighted by atomic mass is 9.54. The smallest absolute Gasteiger partial charge is 0.343 e. The van der Waals surface area contributed by atoms with Gasteiger partial charge < -0.3 is 14.6 Å². The summed E-state index contributed by atoms with van der Waals surface area (Å²) in [4.78, 5) is 19.4. The van der Waals surface area contributed by atoms with Gasteiger partial charge in [0.1, 0.15) is 0 Å². The molecule has 5 fully saturated rings. The second kappa shape index (κ2) is 7.60. The van der Waals surface area contributed by atoms with Crippen molar-refractivity contribution in [1.82, 2.24) is 9.88 Å². The Kier molecular flexibility index (Phi) is 5.12. The second-order valence-corrected chi connectivity index (χ2v) is 10.8. The fraction of sp³-hybridized carbons (Fsp3) is 0.818. The van der Waals surface area contributed by atoms with E-state index in [2.05, 4.69) is 28.7 Å². The minimum absolute atomic E-state index is 0.142. The van der Waals surface area contributed by atoms with E-state index in [0.717, 1.165) is 42.6 Å². The van der Waals surface area contributed by atoms with Crippen LogP contribution in [-0.2, 0) is 11.3 Å². The van der Waals surface area contributed by atoms with Crippen LogP contribution in [0.3, 0.4) is 0 Å². The number of ether oxygens (including phenoxy) is 1. The summed E-state index contributed by atoms with van der Waals surface area (Å²) in [6, 6.07) is 0.207. The third kappa shape index (κ3) is 3.58. The summed E-state index contributed by atoms with van der Waals surface area (Å²) in [7, 11) is 0. The van der Waals surface area contributed by atoms with E-state index >= 15 is 0 Å². The van der Waals surface area contributed by atoms with Crippen LogP contribution >= 0.6 is 11.3 Å². The minimum atomic E-state index is -0.142. The maximum absolute atomic E-state index is 12.9. The van der Waals surface area contributed by atoms with Crippen LogP contribution in [0.15, 0.2) is 4.99 Å². The zero-order valence-electron chi connectivity index (χ0n) is 17.2. The molecule has 4 aliphatic carbocycles. The number of carbonyl (C=O) groups excluding carboxylic acids is 1. The average Bonchev–Trinajstić information content (AvgIpc) is 2.92. The lowest BCUT2D eigenvalue weighted by Gasteiger charge is -2.54. The van der Waals surface area contributed by atoms with Crippen molar-refractivity contribution in [3.05, 3.63) is 15.4 Å². The Bertz CT molecular complexity index is 777. The van der Waals surface area contributed by atoms with Crippen molar-refractivity contribution in [3.8, 4) is 0 Å². The number of hydrogen-bond donors (Lipinski definition) is 1. The van der Waals surface area contributed by atoms with Gasteiger partial charge in [0.25, 0.3) is 0 Å². The summed E-state index contributed by atoms with van der Waals surface area (Å²) in [5.74, 6) is 3.22. The molecule has 5 aliphatic rings. The number of aromatic nitrogens is 1. The van der Waals surface area contributed by atoms with E-state index in [4.69, 9.17) is 4.74 Å². The first kappa shape index (κ1) is 18.9. The van der Waals surface area contributed by atoms with Crippen LogP contribution in [0.4, 0.5) is 4.79 Å². The molecule has 6 heteroatoms. The van der Waals surface area contributed by atoms with Crippen LogP contribution < -0.4 is 10.1 Å². The molecule has 5 nitrogen and oxygen atoms in total. The van der Waals surface area contributed by atoms with E-state index in [0.29, 0.717) is 17.9 Å². The zero-order chi connectivity index (χ0) is 19.3. The molecule has 0 aromatic carbocycles. The van der Waals surface area contributed by atoms with Crippen molar-refractivity contribution in [2.45, 2.75) is 83.9 Å². The van der Waals surface area contributed by atoms with Crippen LogP contribution in [-0.4, -0.2) is 29.4 Å². The molecule has 4 saturated carbocycles. The number of thiazole rings is 1. The third-order valence-corrected chi connectivity index (χ3v) is 8.86. The van der Waals surface area contributed by atoms with Gasteiger partial charge in [-0.3, -0.25) is 0 Å². The molecule has 0 radical (unpaired) electrons. The van der Waals surface area contributed by atoms with Crippen LogP contribution in [0.5, 0.6) is 0 Å². The molecule has 1 atom stereocenters. The van der Waals surface area contributed by atoms with E-state index in [1.54, 1.807) is 11.3 Å². The molecule has 1 saturated heterocycles. The molecule has 154 valence electrons. The van der Waals surface area contributed by atoms with Crippen molar-refractivity contribution in [3.63, 3.8) is 0 Å². The van der Waals surface area contributed by atoms with E-state index in [-0.39, 0.29) is 12.1 Å². The number of urea groups is 1. The molecular weight excluding hydrogens is 370 g/mol. The highest BCUT2D eigenvalue weighted by atomic mass is 32.1. The first-order chi connectivity index (χ1) is 13.6. The molecule has 1 aromatic heterocycles. The fourth-order valence-corrected chi connectivity index (χ4v) is 7.46. The van der Waals surface area contributed by atoms with Crippen molar-refractivity contribution in [2.24, 2.45) is 28.7 Å². The number of carbonyl (C=O) groups is 1. The summed E-state index contributed by atoms with van der Waals surface area (Å²) in [6.07, 6.45) is 10.4. The van der Waals surface area contributed by atoms with Crippen LogP contribution in [0, 0.1) is 37.5 Å². The molecule has 1 N–H and O–H groups in total. The molecule has 2 amide bonds. The van der Waals surface area contributed by atoms with Crippen molar-refractivity contribution >= 4 is 17.4 Å². The number of rotatable bonds is 3. The summed E-state index contributed by atoms with van der Waals surface area (Å²) in [6.45, 7) is 5.91. The average molecular weight is 404 g/mol. The number of nitrogens with zero attached hydrogens (tertiary/aromatic N) is 2. The number of nitrogens with one attached hydrogen (secondary N) is 1. The van der Waals surface area contributed by atoms with Gasteiger partial charge in [-0.2, -0.15) is 4.99 Å². The normalized spacial score (nSPS) is 37.4. The highest BCUT2D eigenvalue weighted by Crippen LogP contribution is 2.53. The predicted octanol–water partition coefficient (Wildman–Crippen LogP) is 4.17. The van der Waals surface area contributed by atoms with Gasteiger partial charge in [-0.25, -0.2) is 4.79 Å². The quantitative estimate of drug-likeness (QED) is 0.823. The predicted molar refractivity (Wildman–Crippen MR) is 110 cm³/mol. The number of hydrogen-bond acceptors (Lipinski definition) is 3. The topological polar surface area (TPSA) is 55.6 Å². The standard InChI is InChI=1S/C22H33N3O2S/c1-13-14(2)28-22(25(13)12-19-5-3-4-6-27-19)24-21(26)23-20-17-8-15-7-16(10-17)11-18(20)9-15/h15-20H,3-12H2,1-2H3,(H,23,26). The largest absolute Gasteiger partial charge is 0.376 e. The van der Waals surface area contributed by atoms with Gasteiger partial charge >= 0.3 is 6.03 Å². The minimum Gasteiger partial charge on any atom is -0.376 e. The van der Waals surface area contributed by atoms with E-state index in [9.17, 15) is 4.79 Å². The Balaban J connectivity index is 1.32. The summed E-state index contributed by atoms with van der Waals surface area (Å²) < 4.78 is 8.13. The van der Waals surface area contributed by atoms with Crippen molar-refractivity contribution in [1.29, 1.82) is 0 Å². The summed E-state index contributed by atoms with van der Waals surface area (Å²) in [5, 5.41) is 3.33. The first-order valence-electron chi connectivity index (χ1n) is 11.2. The molecule has 0 spiro atoms. The van der Waals surface area contributed by atoms with Gasteiger partial charge in [0.2, 0.25) is 0 Å². The van der Waals surface area contributed by atoms with Gasteiger partial charge in [-0.05, 0) is 88.9 Å². The lowest BCUT2D eigenvalue weighted by molar-refractivity contribution is -0.00906. The summed E-state index contributed by atoms with van der Waals surface area (Å²) >= 11 is 1.63. The maximum Gasteiger partial charge on any atom is 0.343 e. The molecule has 4 bridgehead atoms. The van der Waals surface area contributed by atoms with E-state index < -0.39 is 0 Å². The van der Waals surface area contributed by atoms with Gasteiger partial charge in [0, 0.05) is 23.2 Å². The Labute approximate surface area is 171 Å². The fourth-order valence-electron chi connectivity index (χ4n) is 6.48. The molecule has 1 aliphatic heterocycles. The van der Waals surface area contributed by atoms with Crippen LogP contribution in [0.2, 0.25) is 0 Å². The molecule has 1 aromatic rings. The number of amides is 2. The first-order valence-corrected chi connectivity index (χ1v) is 12.0. The van der Waals surface area contributed by atoms with Gasteiger partial charge in [-0.15, -0.1) is 11.3 Å². The monoisotopic (exact) mass is 403 g/mol. The maximum atomic E-state index is 12.9. The Morgan fingerprint density at radius 1 is 1.14 bits per heavy atom. The second-order valence-electron chi connectivity index (χ2n) is 9.64.